The van der Waals surface area contributed by atoms with Crippen LogP contribution < -0.4 is 9.62 Å². The number of sulfonamides is 1. The van der Waals surface area contributed by atoms with Crippen molar-refractivity contribution in [1.29, 1.82) is 0 Å². The van der Waals surface area contributed by atoms with Crippen molar-refractivity contribution in [2.24, 2.45) is 0 Å². The molecule has 0 fully saturated rings. The third-order valence-corrected chi connectivity index (χ3v) is 4.65. The number of ether oxygens (including phenoxy) is 1. The third kappa shape index (κ3) is 3.91. The minimum atomic E-state index is -3.44. The van der Waals surface area contributed by atoms with E-state index in [0.29, 0.717) is 18.3 Å². The van der Waals surface area contributed by atoms with Gasteiger partial charge in [-0.05, 0) is 49.8 Å². The van der Waals surface area contributed by atoms with Crippen LogP contribution in [0.25, 0.3) is 0 Å². The Hall–Kier alpha value is -1.18. The van der Waals surface area contributed by atoms with Crippen LogP contribution in [0.15, 0.2) is 23.1 Å². The molecule has 0 saturated heterocycles. The van der Waals surface area contributed by atoms with Gasteiger partial charge >= 0.3 is 0 Å². The van der Waals surface area contributed by atoms with Crippen molar-refractivity contribution in [2.45, 2.75) is 25.7 Å². The highest BCUT2D eigenvalue weighted by molar-refractivity contribution is 7.89. The second kappa shape index (κ2) is 7.01. The minimum Gasteiger partial charge on any atom is -0.471 e. The summed E-state index contributed by atoms with van der Waals surface area (Å²) in [5, 5.41) is 0.359. The summed E-state index contributed by atoms with van der Waals surface area (Å²) in [5.41, 5.74) is 1.63. The number of thiocarbonyl (C=S) groups is 1. The molecular formula is C13H20N2O3S2. The standard InChI is InChI=1S/C13H20N2O3S2/c1-5-14-20(16,17)11-7-8-12(10(3)9-11)15(4)13(19)18-6-2/h7-9,14H,5-6H2,1-4H3. The highest BCUT2D eigenvalue weighted by Gasteiger charge is 2.16. The van der Waals surface area contributed by atoms with Crippen LogP contribution >= 0.6 is 12.2 Å². The predicted molar refractivity (Wildman–Crippen MR) is 84.7 cm³/mol. The van der Waals surface area contributed by atoms with Gasteiger partial charge in [-0.1, -0.05) is 6.92 Å². The molecular weight excluding hydrogens is 296 g/mol. The van der Waals surface area contributed by atoms with Crippen LogP contribution in [0.3, 0.4) is 0 Å². The second-order valence-electron chi connectivity index (χ2n) is 4.21. The molecule has 0 radical (unpaired) electrons. The van der Waals surface area contributed by atoms with Crippen LogP contribution in [-0.4, -0.2) is 33.8 Å². The summed E-state index contributed by atoms with van der Waals surface area (Å²) in [6.45, 7) is 6.30. The molecule has 5 nitrogen and oxygen atoms in total. The fourth-order valence-corrected chi connectivity index (χ4v) is 3.11. The van der Waals surface area contributed by atoms with Gasteiger partial charge in [0.1, 0.15) is 0 Å². The van der Waals surface area contributed by atoms with Gasteiger partial charge in [0.2, 0.25) is 10.0 Å². The van der Waals surface area contributed by atoms with E-state index < -0.39 is 10.0 Å². The molecule has 1 N–H and O–H groups in total. The van der Waals surface area contributed by atoms with Gasteiger partial charge < -0.3 is 9.64 Å². The smallest absolute Gasteiger partial charge is 0.263 e. The predicted octanol–water partition coefficient (Wildman–Crippen LogP) is 2.05. The average Bonchev–Trinajstić information content (AvgIpc) is 2.38. The third-order valence-electron chi connectivity index (χ3n) is 2.72. The van der Waals surface area contributed by atoms with Crippen molar-refractivity contribution in [2.75, 3.05) is 25.1 Å². The molecule has 0 atom stereocenters. The summed E-state index contributed by atoms with van der Waals surface area (Å²) in [6.07, 6.45) is 0. The van der Waals surface area contributed by atoms with E-state index in [2.05, 4.69) is 4.72 Å². The van der Waals surface area contributed by atoms with Crippen LogP contribution in [0.5, 0.6) is 0 Å². The number of benzene rings is 1. The summed E-state index contributed by atoms with van der Waals surface area (Å²) < 4.78 is 31.6. The van der Waals surface area contributed by atoms with Gasteiger partial charge in [0.15, 0.2) is 0 Å². The van der Waals surface area contributed by atoms with Crippen molar-refractivity contribution < 1.29 is 13.2 Å². The van der Waals surface area contributed by atoms with E-state index in [4.69, 9.17) is 17.0 Å². The van der Waals surface area contributed by atoms with Crippen LogP contribution in [0, 0.1) is 6.92 Å². The zero-order chi connectivity index (χ0) is 15.3. The Morgan fingerprint density at radius 1 is 1.40 bits per heavy atom. The Labute approximate surface area is 126 Å². The van der Waals surface area contributed by atoms with E-state index in [-0.39, 0.29) is 4.90 Å². The minimum absolute atomic E-state index is 0.247. The molecule has 0 aliphatic heterocycles. The Balaban J connectivity index is 3.08. The lowest BCUT2D eigenvalue weighted by Gasteiger charge is -2.22. The molecule has 0 aliphatic rings. The summed E-state index contributed by atoms with van der Waals surface area (Å²) in [6, 6.07) is 4.91. The highest BCUT2D eigenvalue weighted by Crippen LogP contribution is 2.23. The maximum Gasteiger partial charge on any atom is 0.263 e. The number of nitrogens with zero attached hydrogens (tertiary/aromatic N) is 1. The van der Waals surface area contributed by atoms with Gasteiger partial charge in [-0.25, -0.2) is 13.1 Å². The van der Waals surface area contributed by atoms with Crippen molar-refractivity contribution in [3.8, 4) is 0 Å². The van der Waals surface area contributed by atoms with Gasteiger partial charge in [0.05, 0.1) is 11.5 Å². The summed E-state index contributed by atoms with van der Waals surface area (Å²) in [7, 11) is -1.65. The second-order valence-corrected chi connectivity index (χ2v) is 6.32. The molecule has 0 bridgehead atoms. The SMILES string of the molecule is CCNS(=O)(=O)c1ccc(N(C)C(=S)OCC)c(C)c1. The van der Waals surface area contributed by atoms with Gasteiger partial charge in [-0.15, -0.1) is 0 Å². The molecule has 7 heteroatoms. The normalized spacial score (nSPS) is 11.2. The zero-order valence-corrected chi connectivity index (χ0v) is 13.8. The van der Waals surface area contributed by atoms with Gasteiger partial charge in [0, 0.05) is 19.3 Å². The lowest BCUT2D eigenvalue weighted by Crippen LogP contribution is -2.28. The Morgan fingerprint density at radius 2 is 2.05 bits per heavy atom. The number of anilines is 1. The molecule has 0 aromatic heterocycles. The van der Waals surface area contributed by atoms with E-state index in [0.717, 1.165) is 11.3 Å². The molecule has 0 heterocycles. The number of nitrogens with one attached hydrogen (secondary N) is 1. The number of hydrogen-bond acceptors (Lipinski definition) is 4. The average molecular weight is 316 g/mol. The maximum atomic E-state index is 11.9. The van der Waals surface area contributed by atoms with Crippen molar-refractivity contribution in [3.63, 3.8) is 0 Å². The first-order valence-electron chi connectivity index (χ1n) is 6.34. The molecule has 1 rings (SSSR count). The Bertz CT molecular complexity index is 585. The molecule has 0 saturated carbocycles. The number of hydrogen-bond donors (Lipinski definition) is 1. The molecule has 1 aromatic rings. The van der Waals surface area contributed by atoms with Crippen molar-refractivity contribution in [3.05, 3.63) is 23.8 Å². The van der Waals surface area contributed by atoms with Gasteiger partial charge in [0.25, 0.3) is 5.17 Å². The molecule has 20 heavy (non-hydrogen) atoms. The van der Waals surface area contributed by atoms with Crippen molar-refractivity contribution in [1.82, 2.24) is 4.72 Å². The number of rotatable bonds is 5. The first-order chi connectivity index (χ1) is 9.33. The topological polar surface area (TPSA) is 58.6 Å². The largest absolute Gasteiger partial charge is 0.471 e. The van der Waals surface area contributed by atoms with Crippen LogP contribution in [0.1, 0.15) is 19.4 Å². The van der Waals surface area contributed by atoms with Crippen LogP contribution in [0.4, 0.5) is 5.69 Å². The van der Waals surface area contributed by atoms with E-state index in [1.54, 1.807) is 37.1 Å². The molecule has 0 unspecified atom stereocenters. The number of aryl methyl sites for hydroxylation is 1. The van der Waals surface area contributed by atoms with Gasteiger partial charge in [-0.3, -0.25) is 0 Å². The summed E-state index contributed by atoms with van der Waals surface area (Å²) in [4.78, 5) is 1.97. The van der Waals surface area contributed by atoms with Crippen LogP contribution in [0.2, 0.25) is 0 Å². The lowest BCUT2D eigenvalue weighted by atomic mass is 10.2. The zero-order valence-electron chi connectivity index (χ0n) is 12.1. The lowest BCUT2D eigenvalue weighted by molar-refractivity contribution is 0.329. The van der Waals surface area contributed by atoms with Crippen LogP contribution in [-0.2, 0) is 14.8 Å². The van der Waals surface area contributed by atoms with E-state index >= 15 is 0 Å². The first-order valence-corrected chi connectivity index (χ1v) is 8.23. The first kappa shape index (κ1) is 16.9. The Morgan fingerprint density at radius 3 is 2.55 bits per heavy atom. The highest BCUT2D eigenvalue weighted by atomic mass is 32.2. The fraction of sp³-hybridized carbons (Fsp3) is 0.462. The Kier molecular flexibility index (Phi) is 5.91. The summed E-state index contributed by atoms with van der Waals surface area (Å²) in [5.74, 6) is 0. The molecule has 1 aromatic carbocycles. The molecule has 0 amide bonds. The maximum absolute atomic E-state index is 11.9. The molecule has 0 aliphatic carbocycles. The fourth-order valence-electron chi connectivity index (χ4n) is 1.76. The summed E-state index contributed by atoms with van der Waals surface area (Å²) >= 11 is 5.14. The van der Waals surface area contributed by atoms with E-state index in [1.807, 2.05) is 13.8 Å². The van der Waals surface area contributed by atoms with E-state index in [1.165, 1.54) is 0 Å². The van der Waals surface area contributed by atoms with Gasteiger partial charge in [-0.2, -0.15) is 0 Å². The monoisotopic (exact) mass is 316 g/mol. The molecule has 112 valence electrons. The molecule has 0 spiro atoms. The van der Waals surface area contributed by atoms with Crippen molar-refractivity contribution >= 4 is 33.1 Å². The van der Waals surface area contributed by atoms with E-state index in [9.17, 15) is 8.42 Å². The quantitative estimate of drug-likeness (QED) is 0.843.